The highest BCUT2D eigenvalue weighted by atomic mass is 32.1. The minimum Gasteiger partial charge on any atom is -0.346 e. The first-order valence-electron chi connectivity index (χ1n) is 8.52. The van der Waals surface area contributed by atoms with Gasteiger partial charge in [0.1, 0.15) is 0 Å². The highest BCUT2D eigenvalue weighted by molar-refractivity contribution is 7.13. The van der Waals surface area contributed by atoms with Gasteiger partial charge in [0.05, 0.1) is 6.04 Å². The average Bonchev–Trinajstić information content (AvgIpc) is 3.30. The third kappa shape index (κ3) is 2.80. The molecular weight excluding hydrogens is 320 g/mol. The molecule has 0 spiro atoms. The maximum atomic E-state index is 13.0. The van der Waals surface area contributed by atoms with Crippen LogP contribution in [-0.4, -0.2) is 54.6 Å². The van der Waals surface area contributed by atoms with Crippen LogP contribution in [0.1, 0.15) is 12.5 Å². The molecule has 1 atom stereocenters. The molecule has 3 heterocycles. The van der Waals surface area contributed by atoms with Gasteiger partial charge in [-0.3, -0.25) is 9.69 Å². The van der Waals surface area contributed by atoms with Gasteiger partial charge in [-0.15, -0.1) is 11.3 Å². The third-order valence-electron chi connectivity index (χ3n) is 5.06. The zero-order chi connectivity index (χ0) is 16.5. The largest absolute Gasteiger partial charge is 0.346 e. The lowest BCUT2D eigenvalue weighted by Gasteiger charge is -2.38. The van der Waals surface area contributed by atoms with Crippen molar-refractivity contribution in [2.24, 2.45) is 0 Å². The van der Waals surface area contributed by atoms with Gasteiger partial charge >= 0.3 is 0 Å². The molecule has 1 amide bonds. The van der Waals surface area contributed by atoms with E-state index in [1.807, 2.05) is 35.5 Å². The predicted octanol–water partition coefficient (Wildman–Crippen LogP) is 2.24. The van der Waals surface area contributed by atoms with Crippen LogP contribution in [0.2, 0.25) is 0 Å². The summed E-state index contributed by atoms with van der Waals surface area (Å²) in [6, 6.07) is 8.18. The molecule has 6 heteroatoms. The smallest absolute Gasteiger partial charge is 0.244 e. The number of thiazole rings is 1. The van der Waals surface area contributed by atoms with Crippen molar-refractivity contribution in [3.8, 4) is 0 Å². The van der Waals surface area contributed by atoms with E-state index in [1.54, 1.807) is 11.3 Å². The van der Waals surface area contributed by atoms with Gasteiger partial charge in [-0.25, -0.2) is 4.98 Å². The summed E-state index contributed by atoms with van der Waals surface area (Å²) >= 11 is 1.68. The first kappa shape index (κ1) is 15.6. The number of carbonyl (C=O) groups is 1. The lowest BCUT2D eigenvalue weighted by atomic mass is 10.1. The van der Waals surface area contributed by atoms with Crippen molar-refractivity contribution < 1.29 is 4.79 Å². The van der Waals surface area contributed by atoms with Gasteiger partial charge in [0, 0.05) is 50.0 Å². The van der Waals surface area contributed by atoms with E-state index in [0.717, 1.165) is 50.0 Å². The zero-order valence-electron chi connectivity index (χ0n) is 13.9. The van der Waals surface area contributed by atoms with Crippen molar-refractivity contribution >= 4 is 28.1 Å². The van der Waals surface area contributed by atoms with Gasteiger partial charge in [-0.2, -0.15) is 0 Å². The summed E-state index contributed by atoms with van der Waals surface area (Å²) in [5.41, 5.74) is 2.38. The van der Waals surface area contributed by atoms with Crippen LogP contribution in [0.4, 0.5) is 10.8 Å². The van der Waals surface area contributed by atoms with Gasteiger partial charge in [0.15, 0.2) is 5.13 Å². The molecule has 2 aliphatic rings. The lowest BCUT2D eigenvalue weighted by Crippen LogP contribution is -2.54. The minimum atomic E-state index is -0.0744. The maximum absolute atomic E-state index is 13.0. The molecule has 0 N–H and O–H groups in total. The van der Waals surface area contributed by atoms with E-state index in [2.05, 4.69) is 26.9 Å². The van der Waals surface area contributed by atoms with Gasteiger partial charge in [-0.1, -0.05) is 18.2 Å². The fourth-order valence-corrected chi connectivity index (χ4v) is 4.32. The number of rotatable bonds is 3. The van der Waals surface area contributed by atoms with Crippen LogP contribution in [-0.2, 0) is 11.2 Å². The molecule has 4 rings (SSSR count). The standard InChI is InChI=1S/C18H22N4OS/c1-14(17(23)22-8-6-15-4-2-3-5-16(15)22)20-9-11-21(12-10-20)18-19-7-13-24-18/h2-5,7,13-14H,6,8-12H2,1H3/t14-/m0/s1. The highest BCUT2D eigenvalue weighted by Crippen LogP contribution is 2.28. The number of amides is 1. The Balaban J connectivity index is 1.40. The molecule has 0 unspecified atom stereocenters. The highest BCUT2D eigenvalue weighted by Gasteiger charge is 2.32. The van der Waals surface area contributed by atoms with Crippen molar-refractivity contribution in [2.75, 3.05) is 42.5 Å². The Hall–Kier alpha value is -1.92. The van der Waals surface area contributed by atoms with Crippen LogP contribution in [0.5, 0.6) is 0 Å². The molecule has 0 radical (unpaired) electrons. The lowest BCUT2D eigenvalue weighted by molar-refractivity contribution is -0.123. The second kappa shape index (κ2) is 6.53. The second-order valence-electron chi connectivity index (χ2n) is 6.38. The zero-order valence-corrected chi connectivity index (χ0v) is 14.7. The van der Waals surface area contributed by atoms with Crippen molar-refractivity contribution in [3.05, 3.63) is 41.4 Å². The van der Waals surface area contributed by atoms with Gasteiger partial charge < -0.3 is 9.80 Å². The number of fused-ring (bicyclic) bond motifs is 1. The summed E-state index contributed by atoms with van der Waals surface area (Å²) in [4.78, 5) is 23.9. The normalized spacial score (nSPS) is 19.4. The van der Waals surface area contributed by atoms with Crippen LogP contribution >= 0.6 is 11.3 Å². The van der Waals surface area contributed by atoms with Gasteiger partial charge in [0.2, 0.25) is 5.91 Å². The van der Waals surface area contributed by atoms with Crippen molar-refractivity contribution in [1.82, 2.24) is 9.88 Å². The average molecular weight is 342 g/mol. The summed E-state index contributed by atoms with van der Waals surface area (Å²) < 4.78 is 0. The van der Waals surface area contributed by atoms with Crippen LogP contribution in [0.25, 0.3) is 0 Å². The number of para-hydroxylation sites is 1. The Labute approximate surface area is 146 Å². The number of benzene rings is 1. The first-order valence-corrected chi connectivity index (χ1v) is 9.40. The van der Waals surface area contributed by atoms with E-state index >= 15 is 0 Å². The van der Waals surface area contributed by atoms with E-state index in [4.69, 9.17) is 0 Å². The number of piperazine rings is 1. The van der Waals surface area contributed by atoms with E-state index in [1.165, 1.54) is 5.56 Å². The van der Waals surface area contributed by atoms with Crippen molar-refractivity contribution in [3.63, 3.8) is 0 Å². The Morgan fingerprint density at radius 3 is 2.71 bits per heavy atom. The van der Waals surface area contributed by atoms with Crippen molar-refractivity contribution in [2.45, 2.75) is 19.4 Å². The summed E-state index contributed by atoms with van der Waals surface area (Å²) in [7, 11) is 0. The number of nitrogens with zero attached hydrogens (tertiary/aromatic N) is 4. The molecule has 1 fully saturated rings. The van der Waals surface area contributed by atoms with Crippen LogP contribution in [0.15, 0.2) is 35.8 Å². The molecule has 2 aliphatic heterocycles. The molecule has 1 aromatic carbocycles. The monoisotopic (exact) mass is 342 g/mol. The van der Waals surface area contributed by atoms with Crippen LogP contribution in [0, 0.1) is 0 Å². The number of hydrogen-bond acceptors (Lipinski definition) is 5. The van der Waals surface area contributed by atoms with Crippen LogP contribution < -0.4 is 9.80 Å². The maximum Gasteiger partial charge on any atom is 0.244 e. The number of hydrogen-bond donors (Lipinski definition) is 0. The Morgan fingerprint density at radius 2 is 1.96 bits per heavy atom. The molecule has 24 heavy (non-hydrogen) atoms. The summed E-state index contributed by atoms with van der Waals surface area (Å²) in [5.74, 6) is 0.225. The Bertz CT molecular complexity index is 710. The molecule has 1 aromatic heterocycles. The predicted molar refractivity (Wildman–Crippen MR) is 97.9 cm³/mol. The summed E-state index contributed by atoms with van der Waals surface area (Å²) in [6.07, 6.45) is 2.82. The first-order chi connectivity index (χ1) is 11.7. The summed E-state index contributed by atoms with van der Waals surface area (Å²) in [6.45, 7) is 6.53. The Kier molecular flexibility index (Phi) is 4.24. The third-order valence-corrected chi connectivity index (χ3v) is 5.89. The molecule has 1 saturated heterocycles. The molecule has 0 saturated carbocycles. The molecule has 5 nitrogen and oxygen atoms in total. The number of anilines is 2. The van der Waals surface area contributed by atoms with Crippen LogP contribution in [0.3, 0.4) is 0 Å². The second-order valence-corrected chi connectivity index (χ2v) is 7.26. The van der Waals surface area contributed by atoms with E-state index in [0.29, 0.717) is 0 Å². The van der Waals surface area contributed by atoms with E-state index in [9.17, 15) is 4.79 Å². The molecule has 126 valence electrons. The topological polar surface area (TPSA) is 39.7 Å². The number of aromatic nitrogens is 1. The fraction of sp³-hybridized carbons (Fsp3) is 0.444. The minimum absolute atomic E-state index is 0.0744. The van der Waals surface area contributed by atoms with Gasteiger partial charge in [0.25, 0.3) is 0 Å². The van der Waals surface area contributed by atoms with Crippen molar-refractivity contribution in [1.29, 1.82) is 0 Å². The fourth-order valence-electron chi connectivity index (χ4n) is 3.62. The Morgan fingerprint density at radius 1 is 1.17 bits per heavy atom. The SMILES string of the molecule is C[C@@H](C(=O)N1CCc2ccccc21)N1CCN(c2nccs2)CC1. The number of carbonyl (C=O) groups excluding carboxylic acids is 1. The summed E-state index contributed by atoms with van der Waals surface area (Å²) in [5, 5.41) is 3.10. The van der Waals surface area contributed by atoms with E-state index in [-0.39, 0.29) is 11.9 Å². The molecule has 0 aliphatic carbocycles. The molecule has 2 aromatic rings. The molecular formula is C18H22N4OS. The van der Waals surface area contributed by atoms with E-state index < -0.39 is 0 Å². The molecule has 0 bridgehead atoms. The quantitative estimate of drug-likeness (QED) is 0.858. The van der Waals surface area contributed by atoms with Gasteiger partial charge in [-0.05, 0) is 25.0 Å².